The third-order valence-corrected chi connectivity index (χ3v) is 5.95. The number of para-hydroxylation sites is 1. The van der Waals surface area contributed by atoms with Crippen molar-refractivity contribution >= 4 is 28.1 Å². The van der Waals surface area contributed by atoms with Crippen molar-refractivity contribution in [3.05, 3.63) is 124 Å². The molecule has 182 valence electrons. The molecule has 0 fully saturated rings. The molecule has 6 nitrogen and oxygen atoms in total. The van der Waals surface area contributed by atoms with Crippen molar-refractivity contribution in [3.8, 4) is 17.2 Å². The molecule has 1 amide bonds. The van der Waals surface area contributed by atoms with Gasteiger partial charge in [0, 0.05) is 10.0 Å². The number of carbonyl (C=O) groups is 1. The lowest BCUT2D eigenvalue weighted by molar-refractivity contribution is 0.0950. The molecule has 0 saturated carbocycles. The first-order valence-corrected chi connectivity index (χ1v) is 12.1. The molecular formula is C29H25BrN2O4. The average Bonchev–Trinajstić information content (AvgIpc) is 2.93. The van der Waals surface area contributed by atoms with Crippen LogP contribution in [0.25, 0.3) is 0 Å². The largest absolute Gasteiger partial charge is 0.493 e. The highest BCUT2D eigenvalue weighted by Gasteiger charge is 2.13. The molecule has 0 atom stereocenters. The highest BCUT2D eigenvalue weighted by atomic mass is 79.9. The second-order valence-corrected chi connectivity index (χ2v) is 8.62. The summed E-state index contributed by atoms with van der Waals surface area (Å²) in [4.78, 5) is 12.8. The highest BCUT2D eigenvalue weighted by molar-refractivity contribution is 9.10. The number of carbonyl (C=O) groups excluding carboxylic acids is 1. The van der Waals surface area contributed by atoms with E-state index in [4.69, 9.17) is 14.2 Å². The predicted molar refractivity (Wildman–Crippen MR) is 144 cm³/mol. The van der Waals surface area contributed by atoms with Crippen molar-refractivity contribution in [3.63, 3.8) is 0 Å². The van der Waals surface area contributed by atoms with E-state index >= 15 is 0 Å². The lowest BCUT2D eigenvalue weighted by Gasteiger charge is -2.13. The van der Waals surface area contributed by atoms with Crippen LogP contribution in [0.4, 0.5) is 0 Å². The Kier molecular flexibility index (Phi) is 8.72. The third-order valence-electron chi connectivity index (χ3n) is 5.26. The van der Waals surface area contributed by atoms with Crippen molar-refractivity contribution in [1.29, 1.82) is 0 Å². The third kappa shape index (κ3) is 6.73. The lowest BCUT2D eigenvalue weighted by atomic mass is 10.2. The van der Waals surface area contributed by atoms with Gasteiger partial charge in [0.15, 0.2) is 11.5 Å². The fourth-order valence-corrected chi connectivity index (χ4v) is 3.82. The van der Waals surface area contributed by atoms with E-state index in [0.29, 0.717) is 41.6 Å². The molecule has 4 rings (SSSR count). The van der Waals surface area contributed by atoms with E-state index in [0.717, 1.165) is 15.6 Å². The summed E-state index contributed by atoms with van der Waals surface area (Å²) >= 11 is 3.54. The van der Waals surface area contributed by atoms with Gasteiger partial charge < -0.3 is 14.2 Å². The van der Waals surface area contributed by atoms with E-state index in [1.54, 1.807) is 37.6 Å². The summed E-state index contributed by atoms with van der Waals surface area (Å²) in [6.45, 7) is 0.777. The minimum Gasteiger partial charge on any atom is -0.493 e. The fourth-order valence-electron chi connectivity index (χ4n) is 3.39. The van der Waals surface area contributed by atoms with Crippen molar-refractivity contribution in [2.45, 2.75) is 13.2 Å². The van der Waals surface area contributed by atoms with E-state index in [2.05, 4.69) is 26.5 Å². The summed E-state index contributed by atoms with van der Waals surface area (Å²) in [7, 11) is 1.58. The van der Waals surface area contributed by atoms with Gasteiger partial charge in [0.05, 0.1) is 18.9 Å². The summed E-state index contributed by atoms with van der Waals surface area (Å²) in [5.41, 5.74) is 5.75. The van der Waals surface area contributed by atoms with Gasteiger partial charge in [-0.15, -0.1) is 0 Å². The quantitative estimate of drug-likeness (QED) is 0.186. The molecule has 0 saturated heterocycles. The Morgan fingerprint density at radius 2 is 1.39 bits per heavy atom. The van der Waals surface area contributed by atoms with E-state index in [9.17, 15) is 4.79 Å². The summed E-state index contributed by atoms with van der Waals surface area (Å²) in [5.74, 6) is 1.26. The normalized spacial score (nSPS) is 10.7. The zero-order valence-corrected chi connectivity index (χ0v) is 21.3. The number of rotatable bonds is 10. The molecule has 0 unspecified atom stereocenters. The summed E-state index contributed by atoms with van der Waals surface area (Å²) < 4.78 is 18.1. The zero-order valence-electron chi connectivity index (χ0n) is 19.7. The van der Waals surface area contributed by atoms with Gasteiger partial charge in [-0.3, -0.25) is 4.79 Å². The Labute approximate surface area is 218 Å². The van der Waals surface area contributed by atoms with E-state index < -0.39 is 0 Å². The Bertz CT molecular complexity index is 1330. The van der Waals surface area contributed by atoms with Crippen LogP contribution in [0.15, 0.2) is 107 Å². The van der Waals surface area contributed by atoms with E-state index in [1.807, 2.05) is 72.8 Å². The molecule has 0 aliphatic rings. The van der Waals surface area contributed by atoms with Gasteiger partial charge in [-0.05, 0) is 51.3 Å². The zero-order chi connectivity index (χ0) is 25.2. The number of nitrogens with one attached hydrogen (secondary N) is 1. The maximum Gasteiger partial charge on any atom is 0.275 e. The molecule has 0 spiro atoms. The first kappa shape index (κ1) is 25.0. The van der Waals surface area contributed by atoms with Crippen LogP contribution in [-0.2, 0) is 13.2 Å². The first-order chi connectivity index (χ1) is 17.6. The Morgan fingerprint density at radius 3 is 2.03 bits per heavy atom. The van der Waals surface area contributed by atoms with E-state index in [-0.39, 0.29) is 5.91 Å². The van der Waals surface area contributed by atoms with Crippen LogP contribution in [0.2, 0.25) is 0 Å². The second kappa shape index (κ2) is 12.6. The number of halogens is 1. The standard InChI is InChI=1S/C29H25BrN2O4/c1-34-27-16-23(25(30)17-28(27)36-20-22-12-6-3-7-13-22)18-31-32-29(33)24-14-8-9-15-26(24)35-19-21-10-4-2-5-11-21/h2-18H,19-20H2,1H3,(H,32,33)/b31-18+. The number of hydrogen-bond acceptors (Lipinski definition) is 5. The minimum absolute atomic E-state index is 0.361. The van der Waals surface area contributed by atoms with Crippen molar-refractivity contribution in [2.75, 3.05) is 7.11 Å². The lowest BCUT2D eigenvalue weighted by Crippen LogP contribution is -2.18. The Hall–Kier alpha value is -4.10. The van der Waals surface area contributed by atoms with Gasteiger partial charge >= 0.3 is 0 Å². The first-order valence-electron chi connectivity index (χ1n) is 11.3. The average molecular weight is 545 g/mol. The molecule has 0 heterocycles. The van der Waals surface area contributed by atoms with Crippen molar-refractivity contribution in [1.82, 2.24) is 5.43 Å². The van der Waals surface area contributed by atoms with Gasteiger partial charge in [0.1, 0.15) is 19.0 Å². The number of methoxy groups -OCH3 is 1. The number of nitrogens with zero attached hydrogens (tertiary/aromatic N) is 1. The smallest absolute Gasteiger partial charge is 0.275 e. The maximum absolute atomic E-state index is 12.8. The van der Waals surface area contributed by atoms with Crippen LogP contribution in [0.5, 0.6) is 17.2 Å². The van der Waals surface area contributed by atoms with Crippen LogP contribution >= 0.6 is 15.9 Å². The van der Waals surface area contributed by atoms with Gasteiger partial charge in [0.25, 0.3) is 5.91 Å². The SMILES string of the molecule is COc1cc(/C=N/NC(=O)c2ccccc2OCc2ccccc2)c(Br)cc1OCc1ccccc1. The van der Waals surface area contributed by atoms with Gasteiger partial charge in [0.2, 0.25) is 0 Å². The molecule has 1 N–H and O–H groups in total. The molecule has 0 radical (unpaired) electrons. The highest BCUT2D eigenvalue weighted by Crippen LogP contribution is 2.33. The number of ether oxygens (including phenoxy) is 3. The molecular weight excluding hydrogens is 520 g/mol. The van der Waals surface area contributed by atoms with E-state index in [1.165, 1.54) is 0 Å². The van der Waals surface area contributed by atoms with Crippen molar-refractivity contribution < 1.29 is 19.0 Å². The predicted octanol–water partition coefficient (Wildman–Crippen LogP) is 6.38. The second-order valence-electron chi connectivity index (χ2n) is 7.77. The monoisotopic (exact) mass is 544 g/mol. The number of hydrazone groups is 1. The topological polar surface area (TPSA) is 69.2 Å². The fraction of sp³-hybridized carbons (Fsp3) is 0.103. The van der Waals surface area contributed by atoms with Gasteiger partial charge in [-0.2, -0.15) is 5.10 Å². The summed E-state index contributed by atoms with van der Waals surface area (Å²) in [6, 6.07) is 30.3. The molecule has 4 aromatic rings. The van der Waals surface area contributed by atoms with Crippen molar-refractivity contribution in [2.24, 2.45) is 5.10 Å². The number of amides is 1. The van der Waals surface area contributed by atoms with Crippen LogP contribution in [-0.4, -0.2) is 19.2 Å². The van der Waals surface area contributed by atoms with Crippen LogP contribution in [0.1, 0.15) is 27.0 Å². The number of benzene rings is 4. The Balaban J connectivity index is 1.41. The molecule has 4 aromatic carbocycles. The molecule has 0 aromatic heterocycles. The summed E-state index contributed by atoms with van der Waals surface area (Å²) in [6.07, 6.45) is 1.54. The van der Waals surface area contributed by atoms with Gasteiger partial charge in [-0.25, -0.2) is 5.43 Å². The minimum atomic E-state index is -0.374. The van der Waals surface area contributed by atoms with Crippen LogP contribution in [0, 0.1) is 0 Å². The van der Waals surface area contributed by atoms with Crippen LogP contribution < -0.4 is 19.6 Å². The Morgan fingerprint density at radius 1 is 0.806 bits per heavy atom. The molecule has 0 bridgehead atoms. The maximum atomic E-state index is 12.8. The molecule has 36 heavy (non-hydrogen) atoms. The summed E-state index contributed by atoms with van der Waals surface area (Å²) in [5, 5.41) is 4.13. The molecule has 7 heteroatoms. The van der Waals surface area contributed by atoms with Crippen LogP contribution in [0.3, 0.4) is 0 Å². The van der Waals surface area contributed by atoms with Gasteiger partial charge in [-0.1, -0.05) is 72.8 Å². The number of hydrogen-bond donors (Lipinski definition) is 1. The molecule has 0 aliphatic carbocycles. The molecule has 0 aliphatic heterocycles.